The van der Waals surface area contributed by atoms with E-state index in [4.69, 9.17) is 26.8 Å². The highest BCUT2D eigenvalue weighted by Gasteiger charge is 2.48. The van der Waals surface area contributed by atoms with Gasteiger partial charge in [0.25, 0.3) is 0 Å². The minimum Gasteiger partial charge on any atom is -0.490 e. The van der Waals surface area contributed by atoms with Crippen molar-refractivity contribution in [2.75, 3.05) is 30.0 Å². The summed E-state index contributed by atoms with van der Waals surface area (Å²) >= 11 is 6.17. The largest absolute Gasteiger partial charge is 0.490 e. The quantitative estimate of drug-likeness (QED) is 0.245. The number of urea groups is 1. The number of primary amides is 1. The summed E-state index contributed by atoms with van der Waals surface area (Å²) in [6.45, 7) is 3.44. The molecule has 10 heteroatoms. The van der Waals surface area contributed by atoms with Crippen LogP contribution in [-0.4, -0.2) is 41.7 Å². The third kappa shape index (κ3) is 5.71. The average Bonchev–Trinajstić information content (AvgIpc) is 3.60. The number of amides is 3. The maximum absolute atomic E-state index is 13.2. The van der Waals surface area contributed by atoms with Crippen LogP contribution in [0.15, 0.2) is 73.1 Å². The predicted octanol–water partition coefficient (Wildman–Crippen LogP) is 6.19. The first kappa shape index (κ1) is 26.7. The summed E-state index contributed by atoms with van der Waals surface area (Å²) < 4.78 is 13.3. The zero-order chi connectivity index (χ0) is 28.5. The van der Waals surface area contributed by atoms with E-state index in [-0.39, 0.29) is 19.3 Å². The number of carbonyl (C=O) groups excluding carboxylic acids is 2. The van der Waals surface area contributed by atoms with Crippen molar-refractivity contribution < 1.29 is 19.1 Å². The SMILES string of the molecule is Cc1c(Cl)cccc1OCCOC(=O)N1C[C@@H]2C[C@@H]2c2c(-c3cnn(Cc4cccc(NC(N)=O)c4)c3)cccc21. The molecule has 1 saturated carbocycles. The predicted molar refractivity (Wildman–Crippen MR) is 158 cm³/mol. The van der Waals surface area contributed by atoms with Gasteiger partial charge in [0, 0.05) is 34.6 Å². The monoisotopic (exact) mass is 571 g/mol. The van der Waals surface area contributed by atoms with Crippen LogP contribution in [0, 0.1) is 12.8 Å². The molecule has 1 aliphatic carbocycles. The van der Waals surface area contributed by atoms with E-state index >= 15 is 0 Å². The molecule has 9 nitrogen and oxygen atoms in total. The Labute approximate surface area is 242 Å². The van der Waals surface area contributed by atoms with E-state index in [0.29, 0.717) is 41.4 Å². The summed E-state index contributed by atoms with van der Waals surface area (Å²) in [7, 11) is 0. The van der Waals surface area contributed by atoms with Crippen LogP contribution in [0.5, 0.6) is 5.75 Å². The molecule has 0 bridgehead atoms. The lowest BCUT2D eigenvalue weighted by atomic mass is 9.93. The van der Waals surface area contributed by atoms with E-state index in [9.17, 15) is 9.59 Å². The fourth-order valence-corrected chi connectivity index (χ4v) is 5.67. The molecule has 1 fully saturated rings. The van der Waals surface area contributed by atoms with Gasteiger partial charge in [0.15, 0.2) is 0 Å². The van der Waals surface area contributed by atoms with Crippen molar-refractivity contribution in [1.82, 2.24) is 9.78 Å². The smallest absolute Gasteiger partial charge is 0.414 e. The van der Waals surface area contributed by atoms with Gasteiger partial charge in [-0.3, -0.25) is 9.58 Å². The number of hydrogen-bond donors (Lipinski definition) is 2. The zero-order valence-electron chi connectivity index (χ0n) is 22.5. The summed E-state index contributed by atoms with van der Waals surface area (Å²) in [5, 5.41) is 7.82. The summed E-state index contributed by atoms with van der Waals surface area (Å²) in [6, 6.07) is 18.4. The minimum absolute atomic E-state index is 0.132. The first-order valence-corrected chi connectivity index (χ1v) is 13.9. The Hall–Kier alpha value is -4.50. The molecule has 210 valence electrons. The van der Waals surface area contributed by atoms with Gasteiger partial charge in [0.1, 0.15) is 19.0 Å². The van der Waals surface area contributed by atoms with Gasteiger partial charge >= 0.3 is 12.1 Å². The number of nitrogens with one attached hydrogen (secondary N) is 1. The molecular formula is C31H30ClN5O4. The fourth-order valence-electron chi connectivity index (χ4n) is 5.51. The highest BCUT2D eigenvalue weighted by Crippen LogP contribution is 2.57. The van der Waals surface area contributed by atoms with Crippen molar-refractivity contribution in [2.45, 2.75) is 25.8 Å². The molecule has 0 unspecified atom stereocenters. The van der Waals surface area contributed by atoms with Crippen molar-refractivity contribution in [2.24, 2.45) is 11.7 Å². The van der Waals surface area contributed by atoms with Crippen molar-refractivity contribution in [1.29, 1.82) is 0 Å². The number of nitrogens with zero attached hydrogens (tertiary/aromatic N) is 3. The molecule has 3 amide bonds. The number of benzene rings is 3. The van der Waals surface area contributed by atoms with Crippen molar-refractivity contribution in [3.63, 3.8) is 0 Å². The number of nitrogens with two attached hydrogens (primary N) is 1. The summed E-state index contributed by atoms with van der Waals surface area (Å²) in [6.07, 6.45) is 4.53. The van der Waals surface area contributed by atoms with Crippen LogP contribution >= 0.6 is 11.6 Å². The van der Waals surface area contributed by atoms with Gasteiger partial charge in [-0.1, -0.05) is 41.9 Å². The van der Waals surface area contributed by atoms with Crippen LogP contribution in [0.2, 0.25) is 5.02 Å². The number of carbonyl (C=O) groups is 2. The van der Waals surface area contributed by atoms with Crippen LogP contribution in [0.25, 0.3) is 11.1 Å². The van der Waals surface area contributed by atoms with Crippen molar-refractivity contribution in [3.8, 4) is 16.9 Å². The number of halogens is 1. The lowest BCUT2D eigenvalue weighted by Gasteiger charge is -2.29. The van der Waals surface area contributed by atoms with Gasteiger partial charge in [-0.15, -0.1) is 0 Å². The summed E-state index contributed by atoms with van der Waals surface area (Å²) in [4.78, 5) is 26.1. The zero-order valence-corrected chi connectivity index (χ0v) is 23.3. The third-order valence-corrected chi connectivity index (χ3v) is 7.98. The molecule has 2 atom stereocenters. The molecule has 0 saturated heterocycles. The Morgan fingerprint density at radius 3 is 2.80 bits per heavy atom. The summed E-state index contributed by atoms with van der Waals surface area (Å²) in [5.74, 6) is 1.51. The second-order valence-electron chi connectivity index (χ2n) is 10.4. The molecule has 6 rings (SSSR count). The summed E-state index contributed by atoms with van der Waals surface area (Å²) in [5.41, 5.74) is 11.8. The Morgan fingerprint density at radius 2 is 1.95 bits per heavy atom. The average molecular weight is 572 g/mol. The van der Waals surface area contributed by atoms with E-state index < -0.39 is 6.03 Å². The Kier molecular flexibility index (Phi) is 7.28. The molecule has 4 aromatic rings. The molecular weight excluding hydrogens is 542 g/mol. The van der Waals surface area contributed by atoms with Gasteiger partial charge in [0.05, 0.1) is 18.4 Å². The topological polar surface area (TPSA) is 112 Å². The normalized spacial score (nSPS) is 16.9. The van der Waals surface area contributed by atoms with E-state index in [1.807, 2.05) is 72.5 Å². The van der Waals surface area contributed by atoms with Gasteiger partial charge in [-0.05, 0) is 72.2 Å². The number of aromatic nitrogens is 2. The van der Waals surface area contributed by atoms with Crippen LogP contribution < -0.4 is 20.7 Å². The van der Waals surface area contributed by atoms with Gasteiger partial charge in [0.2, 0.25) is 0 Å². The highest BCUT2D eigenvalue weighted by atomic mass is 35.5. The van der Waals surface area contributed by atoms with Crippen LogP contribution in [0.3, 0.4) is 0 Å². The molecule has 2 heterocycles. The van der Waals surface area contributed by atoms with Crippen LogP contribution in [-0.2, 0) is 11.3 Å². The first-order chi connectivity index (χ1) is 19.9. The molecule has 0 spiro atoms. The highest BCUT2D eigenvalue weighted by molar-refractivity contribution is 6.31. The van der Waals surface area contributed by atoms with Crippen molar-refractivity contribution in [3.05, 3.63) is 94.8 Å². The van der Waals surface area contributed by atoms with E-state index in [1.54, 1.807) is 11.0 Å². The Balaban J connectivity index is 1.15. The maximum Gasteiger partial charge on any atom is 0.414 e. The second kappa shape index (κ2) is 11.2. The number of ether oxygens (including phenoxy) is 2. The lowest BCUT2D eigenvalue weighted by molar-refractivity contribution is 0.130. The van der Waals surface area contributed by atoms with Gasteiger partial charge in [-0.2, -0.15) is 5.10 Å². The Morgan fingerprint density at radius 1 is 1.12 bits per heavy atom. The number of anilines is 2. The third-order valence-electron chi connectivity index (χ3n) is 7.57. The van der Waals surface area contributed by atoms with E-state index in [2.05, 4.69) is 16.5 Å². The molecule has 1 aromatic heterocycles. The first-order valence-electron chi connectivity index (χ1n) is 13.5. The molecule has 3 aromatic carbocycles. The number of hydrogen-bond acceptors (Lipinski definition) is 5. The molecule has 3 N–H and O–H groups in total. The van der Waals surface area contributed by atoms with E-state index in [1.165, 1.54) is 5.56 Å². The second-order valence-corrected chi connectivity index (χ2v) is 10.8. The fraction of sp³-hybridized carbons (Fsp3) is 0.258. The Bertz CT molecular complexity index is 1620. The van der Waals surface area contributed by atoms with E-state index in [0.717, 1.165) is 34.4 Å². The standard InChI is InChI=1S/C31H30ClN5O4/c1-19-26(32)8-4-10-28(19)40-11-12-41-31(39)37-18-21-14-25(21)29-24(7-3-9-27(29)37)22-15-34-36(17-22)16-20-5-2-6-23(13-20)35-30(33)38/h2-10,13,15,17,21,25H,11-12,14,16,18H2,1H3,(H3,33,35,38)/t21-,25-/m0/s1. The molecule has 2 aliphatic rings. The maximum atomic E-state index is 13.2. The lowest BCUT2D eigenvalue weighted by Crippen LogP contribution is -2.37. The van der Waals surface area contributed by atoms with Crippen LogP contribution in [0.4, 0.5) is 21.0 Å². The van der Waals surface area contributed by atoms with Crippen molar-refractivity contribution >= 4 is 35.1 Å². The number of fused-ring (bicyclic) bond motifs is 3. The van der Waals surface area contributed by atoms with Gasteiger partial charge < -0.3 is 20.5 Å². The number of rotatable bonds is 8. The molecule has 41 heavy (non-hydrogen) atoms. The molecule has 1 aliphatic heterocycles. The minimum atomic E-state index is -0.602. The molecule has 0 radical (unpaired) electrons. The van der Waals surface area contributed by atoms with Crippen LogP contribution in [0.1, 0.15) is 29.0 Å². The van der Waals surface area contributed by atoms with Gasteiger partial charge in [-0.25, -0.2) is 9.59 Å².